The molecule has 3 rings (SSSR count). The smallest absolute Gasteiger partial charge is 0.308 e. The van der Waals surface area contributed by atoms with E-state index in [1.807, 2.05) is 0 Å². The van der Waals surface area contributed by atoms with Crippen LogP contribution in [0.1, 0.15) is 56.9 Å². The van der Waals surface area contributed by atoms with Gasteiger partial charge in [-0.15, -0.1) is 0 Å². The third kappa shape index (κ3) is 4.50. The lowest BCUT2D eigenvalue weighted by atomic mass is 9.86. The van der Waals surface area contributed by atoms with E-state index in [9.17, 15) is 4.79 Å². The molecule has 2 fully saturated rings. The number of rotatable bonds is 6. The Hall–Kier alpha value is -1.55. The first-order chi connectivity index (χ1) is 11.8. The number of hydrogen-bond acceptors (Lipinski definition) is 4. The monoisotopic (exact) mass is 331 g/mol. The van der Waals surface area contributed by atoms with Crippen LogP contribution in [0.15, 0.2) is 24.3 Å². The highest BCUT2D eigenvalue weighted by Crippen LogP contribution is 2.28. The quantitative estimate of drug-likeness (QED) is 0.805. The minimum absolute atomic E-state index is 0.0521. The van der Waals surface area contributed by atoms with Gasteiger partial charge in [0.15, 0.2) is 0 Å². The summed E-state index contributed by atoms with van der Waals surface area (Å²) in [6.07, 6.45) is 9.23. The predicted molar refractivity (Wildman–Crippen MR) is 93.9 cm³/mol. The van der Waals surface area contributed by atoms with Gasteiger partial charge in [0.05, 0.1) is 19.1 Å². The summed E-state index contributed by atoms with van der Waals surface area (Å²) < 4.78 is 11.1. The fourth-order valence-corrected chi connectivity index (χ4v) is 3.90. The van der Waals surface area contributed by atoms with Crippen LogP contribution < -0.4 is 10.1 Å². The van der Waals surface area contributed by atoms with Crippen LogP contribution in [0, 0.1) is 5.92 Å². The molecule has 0 heterocycles. The van der Waals surface area contributed by atoms with Crippen LogP contribution in [0.2, 0.25) is 0 Å². The van der Waals surface area contributed by atoms with Crippen molar-refractivity contribution in [3.63, 3.8) is 0 Å². The van der Waals surface area contributed by atoms with Crippen molar-refractivity contribution < 1.29 is 14.3 Å². The molecule has 4 heteroatoms. The van der Waals surface area contributed by atoms with Gasteiger partial charge in [0.1, 0.15) is 5.75 Å². The normalized spacial score (nSPS) is 24.7. The van der Waals surface area contributed by atoms with Crippen LogP contribution in [0.25, 0.3) is 0 Å². The first kappa shape index (κ1) is 17.3. The number of carbonyl (C=O) groups is 1. The van der Waals surface area contributed by atoms with Gasteiger partial charge in [-0.05, 0) is 57.4 Å². The van der Waals surface area contributed by atoms with Crippen molar-refractivity contribution in [2.75, 3.05) is 7.11 Å². The Morgan fingerprint density at radius 2 is 1.79 bits per heavy atom. The maximum atomic E-state index is 11.6. The van der Waals surface area contributed by atoms with Gasteiger partial charge in [-0.1, -0.05) is 18.2 Å². The summed E-state index contributed by atoms with van der Waals surface area (Å²) in [6.45, 7) is 0.830. The molecular formula is C20H29NO3. The number of para-hydroxylation sites is 1. The van der Waals surface area contributed by atoms with E-state index in [1.54, 1.807) is 0 Å². The Morgan fingerprint density at radius 1 is 1.08 bits per heavy atom. The molecule has 1 aromatic rings. The molecule has 0 aliphatic heterocycles. The molecule has 0 aromatic heterocycles. The average molecular weight is 331 g/mol. The summed E-state index contributed by atoms with van der Waals surface area (Å²) in [7, 11) is 1.48. The Labute approximate surface area is 144 Å². The van der Waals surface area contributed by atoms with Gasteiger partial charge >= 0.3 is 5.97 Å². The highest BCUT2D eigenvalue weighted by atomic mass is 16.5. The molecule has 0 spiro atoms. The van der Waals surface area contributed by atoms with E-state index in [4.69, 9.17) is 9.47 Å². The van der Waals surface area contributed by atoms with Crippen molar-refractivity contribution in [2.24, 2.45) is 5.92 Å². The maximum Gasteiger partial charge on any atom is 0.308 e. The topological polar surface area (TPSA) is 47.6 Å². The second kappa shape index (κ2) is 8.52. The van der Waals surface area contributed by atoms with Crippen molar-refractivity contribution >= 4 is 5.97 Å². The molecule has 2 saturated carbocycles. The zero-order chi connectivity index (χ0) is 16.8. The Bertz CT molecular complexity index is 531. The summed E-state index contributed by atoms with van der Waals surface area (Å²) in [4.78, 5) is 11.6. The number of methoxy groups -OCH3 is 1. The third-order valence-electron chi connectivity index (χ3n) is 5.41. The minimum atomic E-state index is -0.0521. The predicted octanol–water partition coefficient (Wildman–Crippen LogP) is 3.83. The van der Waals surface area contributed by atoms with E-state index in [0.29, 0.717) is 12.1 Å². The number of ether oxygens (including phenoxy) is 2. The molecule has 1 aromatic carbocycles. The van der Waals surface area contributed by atoms with E-state index < -0.39 is 0 Å². The number of hydrogen-bond donors (Lipinski definition) is 1. The fraction of sp³-hybridized carbons (Fsp3) is 0.650. The molecule has 0 saturated heterocycles. The van der Waals surface area contributed by atoms with E-state index in [-0.39, 0.29) is 11.9 Å². The van der Waals surface area contributed by atoms with Crippen LogP contribution in [-0.4, -0.2) is 25.2 Å². The van der Waals surface area contributed by atoms with Crippen molar-refractivity contribution in [3.8, 4) is 5.75 Å². The summed E-state index contributed by atoms with van der Waals surface area (Å²) in [5, 5.41) is 3.65. The molecule has 0 amide bonds. The van der Waals surface area contributed by atoms with Crippen LogP contribution in [0.4, 0.5) is 0 Å². The van der Waals surface area contributed by atoms with Crippen molar-refractivity contribution in [3.05, 3.63) is 29.8 Å². The molecule has 0 radical (unpaired) electrons. The van der Waals surface area contributed by atoms with Gasteiger partial charge in [0.2, 0.25) is 0 Å². The van der Waals surface area contributed by atoms with Crippen molar-refractivity contribution in [1.29, 1.82) is 0 Å². The lowest BCUT2D eigenvalue weighted by Crippen LogP contribution is -2.35. The summed E-state index contributed by atoms with van der Waals surface area (Å²) >= 11 is 0. The zero-order valence-electron chi connectivity index (χ0n) is 14.6. The average Bonchev–Trinajstić information content (AvgIpc) is 3.14. The molecule has 0 bridgehead atoms. The van der Waals surface area contributed by atoms with E-state index in [2.05, 4.69) is 29.6 Å². The number of nitrogens with one attached hydrogen (secondary N) is 1. The largest absolute Gasteiger partial charge is 0.490 e. The highest BCUT2D eigenvalue weighted by molar-refractivity contribution is 5.72. The minimum Gasteiger partial charge on any atom is -0.490 e. The van der Waals surface area contributed by atoms with Gasteiger partial charge in [-0.25, -0.2) is 0 Å². The fourth-order valence-electron chi connectivity index (χ4n) is 3.90. The Morgan fingerprint density at radius 3 is 2.50 bits per heavy atom. The van der Waals surface area contributed by atoms with Crippen LogP contribution in [0.3, 0.4) is 0 Å². The number of benzene rings is 1. The molecule has 1 N–H and O–H groups in total. The summed E-state index contributed by atoms with van der Waals surface area (Å²) in [5.74, 6) is 1.06. The van der Waals surface area contributed by atoms with Gasteiger partial charge in [0, 0.05) is 18.2 Å². The van der Waals surface area contributed by atoms with Crippen LogP contribution >= 0.6 is 0 Å². The standard InChI is InChI=1S/C20H29NO3/c1-23-20(22)15-10-12-17(13-11-15)21-14-16-6-2-5-9-19(16)24-18-7-3-4-8-18/h2,5-6,9,15,17-18,21H,3-4,7-8,10-14H2,1H3. The first-order valence-corrected chi connectivity index (χ1v) is 9.32. The van der Waals surface area contributed by atoms with Gasteiger partial charge in [-0.2, -0.15) is 0 Å². The first-order valence-electron chi connectivity index (χ1n) is 9.32. The van der Waals surface area contributed by atoms with Gasteiger partial charge < -0.3 is 14.8 Å². The Kier molecular flexibility index (Phi) is 6.13. The van der Waals surface area contributed by atoms with E-state index in [1.165, 1.54) is 38.4 Å². The SMILES string of the molecule is COC(=O)C1CCC(NCc2ccccc2OC2CCCC2)CC1. The van der Waals surface area contributed by atoms with E-state index in [0.717, 1.165) is 38.0 Å². The zero-order valence-corrected chi connectivity index (χ0v) is 14.6. The lowest BCUT2D eigenvalue weighted by Gasteiger charge is -2.28. The number of carbonyl (C=O) groups excluding carboxylic acids is 1. The van der Waals surface area contributed by atoms with Crippen molar-refractivity contribution in [1.82, 2.24) is 5.32 Å². The molecule has 4 nitrogen and oxygen atoms in total. The molecule has 2 aliphatic carbocycles. The van der Waals surface area contributed by atoms with Crippen LogP contribution in [0.5, 0.6) is 5.75 Å². The van der Waals surface area contributed by atoms with Crippen LogP contribution in [-0.2, 0) is 16.1 Å². The highest BCUT2D eigenvalue weighted by Gasteiger charge is 2.26. The molecule has 132 valence electrons. The molecule has 24 heavy (non-hydrogen) atoms. The second-order valence-corrected chi connectivity index (χ2v) is 7.08. The van der Waals surface area contributed by atoms with Crippen molar-refractivity contribution in [2.45, 2.75) is 70.1 Å². The van der Waals surface area contributed by atoms with E-state index >= 15 is 0 Å². The number of esters is 1. The molecular weight excluding hydrogens is 302 g/mol. The molecule has 2 aliphatic rings. The summed E-state index contributed by atoms with van der Waals surface area (Å²) in [6, 6.07) is 8.84. The molecule has 0 unspecified atom stereocenters. The third-order valence-corrected chi connectivity index (χ3v) is 5.41. The maximum absolute atomic E-state index is 11.6. The molecule has 0 atom stereocenters. The Balaban J connectivity index is 1.49. The summed E-state index contributed by atoms with van der Waals surface area (Å²) in [5.41, 5.74) is 1.24. The van der Waals surface area contributed by atoms with Gasteiger partial charge in [-0.3, -0.25) is 4.79 Å². The second-order valence-electron chi connectivity index (χ2n) is 7.08. The lowest BCUT2D eigenvalue weighted by molar-refractivity contribution is -0.146. The van der Waals surface area contributed by atoms with Gasteiger partial charge in [0.25, 0.3) is 0 Å².